The highest BCUT2D eigenvalue weighted by Gasteiger charge is 2.50. The normalized spacial score (nSPS) is 19.9. The molecule has 0 spiro atoms. The van der Waals surface area contributed by atoms with Gasteiger partial charge in [0.25, 0.3) is 8.32 Å². The lowest BCUT2D eigenvalue weighted by molar-refractivity contribution is -0.126. The van der Waals surface area contributed by atoms with Gasteiger partial charge in [-0.1, -0.05) is 119 Å². The predicted molar refractivity (Wildman–Crippen MR) is 211 cm³/mol. The molecule has 274 valence electrons. The number of ether oxygens (including phenoxy) is 3. The Morgan fingerprint density at radius 3 is 1.96 bits per heavy atom. The Morgan fingerprint density at radius 2 is 1.44 bits per heavy atom. The van der Waals surface area contributed by atoms with Crippen LogP contribution in [0.5, 0.6) is 5.75 Å². The highest BCUT2D eigenvalue weighted by atomic mass is 28.4. The molecule has 5 atom stereocenters. The average Bonchev–Trinajstić information content (AvgIpc) is 3.04. The van der Waals surface area contributed by atoms with Gasteiger partial charge < -0.3 is 28.8 Å². The van der Waals surface area contributed by atoms with Crippen molar-refractivity contribution in [1.82, 2.24) is 0 Å². The van der Waals surface area contributed by atoms with Gasteiger partial charge in [-0.3, -0.25) is 0 Å². The number of aliphatic hydroxyl groups is 2. The van der Waals surface area contributed by atoms with Crippen LogP contribution < -0.4 is 15.1 Å². The van der Waals surface area contributed by atoms with Gasteiger partial charge in [-0.15, -0.1) is 6.58 Å². The lowest BCUT2D eigenvalue weighted by atomic mass is 9.93. The van der Waals surface area contributed by atoms with Crippen LogP contribution in [0.15, 0.2) is 97.1 Å². The summed E-state index contributed by atoms with van der Waals surface area (Å²) in [6, 6.07) is 30.4. The second-order valence-corrected chi connectivity index (χ2v) is 26.2. The minimum absolute atomic E-state index is 0.125. The van der Waals surface area contributed by atoms with Crippen molar-refractivity contribution in [2.75, 3.05) is 13.7 Å². The molecule has 8 heteroatoms. The maximum Gasteiger partial charge on any atom is 0.261 e. The van der Waals surface area contributed by atoms with Crippen LogP contribution >= 0.6 is 0 Å². The topological polar surface area (TPSA) is 77.4 Å². The quantitative estimate of drug-likeness (QED) is 0.103. The van der Waals surface area contributed by atoms with E-state index < -0.39 is 28.6 Å². The molecule has 1 heterocycles. The SMILES string of the molecule is C=C(CC(O)C[C@H]1C[C@@H](O)C[C@@H](CC(CCO[Si](c2ccccc2)(c2ccccc2)C(C)(C)C)OCc2ccc(OC)cc2)O1)C[Si](C)(C)C. The molecule has 3 aromatic carbocycles. The fourth-order valence-corrected chi connectivity index (χ4v) is 13.8. The Balaban J connectivity index is 1.50. The molecule has 4 rings (SSSR count). The summed E-state index contributed by atoms with van der Waals surface area (Å²) in [5.41, 5.74) is 2.17. The maximum atomic E-state index is 11.0. The third-order valence-corrected chi connectivity index (χ3v) is 16.2. The van der Waals surface area contributed by atoms with Crippen LogP contribution in [0.25, 0.3) is 0 Å². The zero-order chi connectivity index (χ0) is 36.4. The lowest BCUT2D eigenvalue weighted by Crippen LogP contribution is -2.66. The van der Waals surface area contributed by atoms with E-state index in [-0.39, 0.29) is 23.4 Å². The zero-order valence-electron chi connectivity index (χ0n) is 31.6. The number of benzene rings is 3. The van der Waals surface area contributed by atoms with Gasteiger partial charge in [-0.05, 0) is 77.7 Å². The van der Waals surface area contributed by atoms with Crippen LogP contribution in [0.2, 0.25) is 30.7 Å². The Bertz CT molecular complexity index is 1400. The molecule has 1 saturated heterocycles. The largest absolute Gasteiger partial charge is 0.497 e. The molecule has 0 aliphatic carbocycles. The van der Waals surface area contributed by atoms with Gasteiger partial charge in [0.1, 0.15) is 5.75 Å². The molecule has 0 bridgehead atoms. The molecular weight excluding hydrogens is 657 g/mol. The molecule has 6 nitrogen and oxygen atoms in total. The van der Waals surface area contributed by atoms with Crippen molar-refractivity contribution >= 4 is 26.8 Å². The second kappa shape index (κ2) is 18.3. The van der Waals surface area contributed by atoms with Crippen molar-refractivity contribution in [2.45, 2.75) is 127 Å². The van der Waals surface area contributed by atoms with Crippen LogP contribution in [0.1, 0.15) is 64.9 Å². The van der Waals surface area contributed by atoms with Gasteiger partial charge >= 0.3 is 0 Å². The highest BCUT2D eigenvalue weighted by Crippen LogP contribution is 2.37. The summed E-state index contributed by atoms with van der Waals surface area (Å²) in [7, 11) is -2.34. The van der Waals surface area contributed by atoms with E-state index in [0.717, 1.165) is 22.9 Å². The maximum absolute atomic E-state index is 11.0. The first-order chi connectivity index (χ1) is 23.7. The van der Waals surface area contributed by atoms with E-state index in [9.17, 15) is 10.2 Å². The Hall–Kier alpha value is -2.57. The molecule has 1 aliphatic rings. The summed E-state index contributed by atoms with van der Waals surface area (Å²) >= 11 is 0. The molecule has 0 saturated carbocycles. The number of hydrogen-bond donors (Lipinski definition) is 2. The lowest BCUT2D eigenvalue weighted by Gasteiger charge is -2.43. The summed E-state index contributed by atoms with van der Waals surface area (Å²) in [5.74, 6) is 0.811. The van der Waals surface area contributed by atoms with E-state index in [0.29, 0.717) is 51.7 Å². The fourth-order valence-electron chi connectivity index (χ4n) is 7.54. The Labute approximate surface area is 304 Å². The van der Waals surface area contributed by atoms with Crippen LogP contribution in [0.4, 0.5) is 0 Å². The minimum Gasteiger partial charge on any atom is -0.497 e. The van der Waals surface area contributed by atoms with Crippen molar-refractivity contribution in [3.05, 3.63) is 103 Å². The molecule has 3 aromatic rings. The van der Waals surface area contributed by atoms with Crippen LogP contribution in [0, 0.1) is 0 Å². The van der Waals surface area contributed by atoms with Crippen molar-refractivity contribution in [2.24, 2.45) is 0 Å². The summed E-state index contributed by atoms with van der Waals surface area (Å²) in [4.78, 5) is 0. The van der Waals surface area contributed by atoms with Gasteiger partial charge in [0, 0.05) is 14.7 Å². The number of hydrogen-bond acceptors (Lipinski definition) is 6. The number of rotatable bonds is 18. The standard InChI is InChI=1S/C42H62O6Si2/c1-32(31-49(6,7)8)25-34(43)26-38-27-35(44)28-39(48-38)29-37(46-30-33-19-21-36(45-5)22-20-33)23-24-47-50(42(2,3)4,40-15-11-9-12-16-40)41-17-13-10-14-18-41/h9-22,34-35,37-39,43-44H,1,23-31H2,2-8H3/t34?,35-,37?,38+,39+/m1/s1. The van der Waals surface area contributed by atoms with E-state index in [4.69, 9.17) is 18.6 Å². The van der Waals surface area contributed by atoms with E-state index in [2.05, 4.69) is 108 Å². The van der Waals surface area contributed by atoms with Gasteiger partial charge in [0.05, 0.1) is 44.2 Å². The number of aliphatic hydroxyl groups excluding tert-OH is 2. The third kappa shape index (κ3) is 11.7. The van der Waals surface area contributed by atoms with Crippen LogP contribution in [-0.2, 0) is 20.5 Å². The van der Waals surface area contributed by atoms with Crippen molar-refractivity contribution in [3.8, 4) is 5.75 Å². The molecule has 1 fully saturated rings. The summed E-state index contributed by atoms with van der Waals surface area (Å²) in [6.45, 7) is 19.1. The Morgan fingerprint density at radius 1 is 0.880 bits per heavy atom. The van der Waals surface area contributed by atoms with Crippen LogP contribution in [-0.4, -0.2) is 70.8 Å². The molecular formula is C42H62O6Si2. The highest BCUT2D eigenvalue weighted by molar-refractivity contribution is 6.99. The number of methoxy groups -OCH3 is 1. The van der Waals surface area contributed by atoms with E-state index in [1.807, 2.05) is 24.3 Å². The van der Waals surface area contributed by atoms with Gasteiger partial charge in [0.2, 0.25) is 0 Å². The van der Waals surface area contributed by atoms with E-state index >= 15 is 0 Å². The average molecular weight is 719 g/mol. The first kappa shape index (κ1) is 40.2. The van der Waals surface area contributed by atoms with E-state index in [1.165, 1.54) is 10.4 Å². The monoisotopic (exact) mass is 718 g/mol. The molecule has 2 unspecified atom stereocenters. The fraction of sp³-hybridized carbons (Fsp3) is 0.524. The minimum atomic E-state index is -2.71. The van der Waals surface area contributed by atoms with Gasteiger partial charge in [-0.2, -0.15) is 0 Å². The molecule has 1 aliphatic heterocycles. The first-order valence-corrected chi connectivity index (χ1v) is 24.0. The van der Waals surface area contributed by atoms with Gasteiger partial charge in [-0.25, -0.2) is 0 Å². The van der Waals surface area contributed by atoms with Gasteiger partial charge in [0.15, 0.2) is 0 Å². The van der Waals surface area contributed by atoms with Crippen LogP contribution in [0.3, 0.4) is 0 Å². The summed E-state index contributed by atoms with van der Waals surface area (Å²) in [5, 5.41) is 24.3. The molecule has 0 amide bonds. The molecule has 0 radical (unpaired) electrons. The van der Waals surface area contributed by atoms with Crippen molar-refractivity contribution in [1.29, 1.82) is 0 Å². The smallest absolute Gasteiger partial charge is 0.261 e. The predicted octanol–water partition coefficient (Wildman–Crippen LogP) is 7.88. The first-order valence-electron chi connectivity index (χ1n) is 18.4. The zero-order valence-corrected chi connectivity index (χ0v) is 33.6. The third-order valence-electron chi connectivity index (χ3n) is 9.64. The summed E-state index contributed by atoms with van der Waals surface area (Å²) < 4.78 is 25.8. The van der Waals surface area contributed by atoms with E-state index in [1.54, 1.807) is 7.11 Å². The van der Waals surface area contributed by atoms with Crippen molar-refractivity contribution in [3.63, 3.8) is 0 Å². The summed E-state index contributed by atoms with van der Waals surface area (Å²) in [6.07, 6.45) is 1.90. The Kier molecular flexibility index (Phi) is 14.7. The molecule has 50 heavy (non-hydrogen) atoms. The molecule has 0 aromatic heterocycles. The van der Waals surface area contributed by atoms with Crippen molar-refractivity contribution < 1.29 is 28.8 Å². The molecule has 2 N–H and O–H groups in total. The second-order valence-electron chi connectivity index (χ2n) is 16.4.